The molecule has 0 radical (unpaired) electrons. The van der Waals surface area contributed by atoms with Crippen molar-refractivity contribution in [2.75, 3.05) is 14.1 Å². The van der Waals surface area contributed by atoms with Crippen LogP contribution in [0.25, 0.3) is 0 Å². The quantitative estimate of drug-likeness (QED) is 0.580. The van der Waals surface area contributed by atoms with Gasteiger partial charge < -0.3 is 4.57 Å². The highest BCUT2D eigenvalue weighted by Gasteiger charge is 2.40. The second-order valence-corrected chi connectivity index (χ2v) is 10.4. The Morgan fingerprint density at radius 3 is 1.55 bits per heavy atom. The van der Waals surface area contributed by atoms with E-state index in [0.717, 1.165) is 0 Å². The van der Waals surface area contributed by atoms with Gasteiger partial charge in [-0.15, -0.1) is 0 Å². The Morgan fingerprint density at radius 1 is 1.18 bits per heavy atom. The first-order valence-electron chi connectivity index (χ1n) is 4.43. The zero-order chi connectivity index (χ0) is 9.28. The molecule has 0 aromatic carbocycles. The van der Waals surface area contributed by atoms with Gasteiger partial charge in [0.2, 0.25) is 0 Å². The summed E-state index contributed by atoms with van der Waals surface area (Å²) in [5, 5.41) is 0.491. The molecular weight excluding hydrogens is 150 g/mol. The number of rotatable bonds is 2. The molecule has 0 rings (SSSR count). The standard InChI is InChI=1S/C9H23NSi/c1-8-11(7,10(5)6)9(2,3)4/h8H2,1-7H3. The van der Waals surface area contributed by atoms with E-state index in [0.29, 0.717) is 5.04 Å². The molecular formula is C9H23NSi. The SMILES string of the molecule is CC[Si](C)(N(C)C)C(C)(C)C. The van der Waals surface area contributed by atoms with E-state index in [1.54, 1.807) is 0 Å². The summed E-state index contributed by atoms with van der Waals surface area (Å²) >= 11 is 0. The van der Waals surface area contributed by atoms with Crippen LogP contribution in [0.15, 0.2) is 0 Å². The molecule has 1 nitrogen and oxygen atoms in total. The van der Waals surface area contributed by atoms with E-state index in [2.05, 4.69) is 52.9 Å². The fourth-order valence-corrected chi connectivity index (χ4v) is 4.55. The van der Waals surface area contributed by atoms with E-state index in [4.69, 9.17) is 0 Å². The van der Waals surface area contributed by atoms with Gasteiger partial charge in [0.05, 0.1) is 0 Å². The van der Waals surface area contributed by atoms with Gasteiger partial charge in [-0.2, -0.15) is 0 Å². The molecule has 0 aliphatic carbocycles. The van der Waals surface area contributed by atoms with Crippen molar-refractivity contribution in [2.45, 2.75) is 45.3 Å². The van der Waals surface area contributed by atoms with Crippen molar-refractivity contribution >= 4 is 8.24 Å². The first kappa shape index (κ1) is 11.2. The van der Waals surface area contributed by atoms with Crippen molar-refractivity contribution in [3.05, 3.63) is 0 Å². The van der Waals surface area contributed by atoms with Crippen LogP contribution < -0.4 is 0 Å². The lowest BCUT2D eigenvalue weighted by atomic mass is 10.2. The highest BCUT2D eigenvalue weighted by molar-refractivity contribution is 6.78. The summed E-state index contributed by atoms with van der Waals surface area (Å²) in [6, 6.07) is 1.34. The minimum Gasteiger partial charge on any atom is -0.329 e. The van der Waals surface area contributed by atoms with Gasteiger partial charge in [-0.1, -0.05) is 34.2 Å². The average Bonchev–Trinajstić information content (AvgIpc) is 1.83. The Hall–Kier alpha value is 0.177. The van der Waals surface area contributed by atoms with Crippen LogP contribution in [0, 0.1) is 0 Å². The molecule has 0 bridgehead atoms. The molecule has 0 saturated heterocycles. The largest absolute Gasteiger partial charge is 0.329 e. The van der Waals surface area contributed by atoms with Gasteiger partial charge in [0.25, 0.3) is 0 Å². The van der Waals surface area contributed by atoms with Crippen LogP contribution in [-0.2, 0) is 0 Å². The van der Waals surface area contributed by atoms with Gasteiger partial charge in [-0.3, -0.25) is 0 Å². The van der Waals surface area contributed by atoms with Crippen LogP contribution in [0.1, 0.15) is 27.7 Å². The van der Waals surface area contributed by atoms with Gasteiger partial charge in [0, 0.05) is 0 Å². The zero-order valence-corrected chi connectivity index (χ0v) is 10.2. The van der Waals surface area contributed by atoms with Crippen molar-refractivity contribution in [2.24, 2.45) is 0 Å². The summed E-state index contributed by atoms with van der Waals surface area (Å²) in [4.78, 5) is 0. The zero-order valence-electron chi connectivity index (χ0n) is 9.15. The molecule has 0 fully saturated rings. The van der Waals surface area contributed by atoms with Crippen LogP contribution in [-0.4, -0.2) is 26.9 Å². The summed E-state index contributed by atoms with van der Waals surface area (Å²) in [5.41, 5.74) is 0. The van der Waals surface area contributed by atoms with Gasteiger partial charge in [0.15, 0.2) is 0 Å². The second kappa shape index (κ2) is 3.28. The first-order chi connectivity index (χ1) is 4.75. The minimum atomic E-state index is -1.17. The summed E-state index contributed by atoms with van der Waals surface area (Å²) in [5.74, 6) is 0. The lowest BCUT2D eigenvalue weighted by Crippen LogP contribution is -2.53. The maximum absolute atomic E-state index is 2.47. The first-order valence-corrected chi connectivity index (χ1v) is 7.08. The highest BCUT2D eigenvalue weighted by Crippen LogP contribution is 2.39. The summed E-state index contributed by atoms with van der Waals surface area (Å²) in [7, 11) is 3.28. The molecule has 11 heavy (non-hydrogen) atoms. The monoisotopic (exact) mass is 173 g/mol. The molecule has 0 aromatic rings. The number of hydrogen-bond acceptors (Lipinski definition) is 1. The van der Waals surface area contributed by atoms with Crippen LogP contribution in [0.3, 0.4) is 0 Å². The molecule has 0 amide bonds. The molecule has 0 heterocycles. The predicted molar refractivity (Wildman–Crippen MR) is 55.5 cm³/mol. The molecule has 0 N–H and O–H groups in total. The molecule has 0 aliphatic heterocycles. The minimum absolute atomic E-state index is 0.491. The van der Waals surface area contributed by atoms with Gasteiger partial charge in [0.1, 0.15) is 8.24 Å². The molecule has 0 aliphatic rings. The fraction of sp³-hybridized carbons (Fsp3) is 1.00. The fourth-order valence-electron chi connectivity index (χ4n) is 1.52. The van der Waals surface area contributed by atoms with Crippen molar-refractivity contribution < 1.29 is 0 Å². The number of hydrogen-bond donors (Lipinski definition) is 0. The van der Waals surface area contributed by atoms with Crippen molar-refractivity contribution in [3.8, 4) is 0 Å². The maximum atomic E-state index is 2.47. The molecule has 0 saturated carbocycles. The van der Waals surface area contributed by atoms with Crippen molar-refractivity contribution in [1.82, 2.24) is 4.57 Å². The van der Waals surface area contributed by atoms with E-state index < -0.39 is 8.24 Å². The van der Waals surface area contributed by atoms with Crippen LogP contribution in [0.5, 0.6) is 0 Å². The molecule has 1 atom stereocenters. The Morgan fingerprint density at radius 2 is 1.55 bits per heavy atom. The summed E-state index contributed by atoms with van der Waals surface area (Å²) in [6.45, 7) is 11.9. The Bertz CT molecular complexity index is 126. The predicted octanol–water partition coefficient (Wildman–Crippen LogP) is 2.94. The topological polar surface area (TPSA) is 3.24 Å². The summed E-state index contributed by atoms with van der Waals surface area (Å²) < 4.78 is 2.47. The van der Waals surface area contributed by atoms with Crippen LogP contribution in [0.4, 0.5) is 0 Å². The Labute approximate surface area is 72.9 Å². The van der Waals surface area contributed by atoms with Gasteiger partial charge in [-0.05, 0) is 25.2 Å². The lowest BCUT2D eigenvalue weighted by molar-refractivity contribution is 0.542. The van der Waals surface area contributed by atoms with E-state index >= 15 is 0 Å². The van der Waals surface area contributed by atoms with Crippen LogP contribution in [0.2, 0.25) is 17.6 Å². The molecule has 68 valence electrons. The molecule has 2 heteroatoms. The number of nitrogens with zero attached hydrogens (tertiary/aromatic N) is 1. The van der Waals surface area contributed by atoms with Gasteiger partial charge in [-0.25, -0.2) is 0 Å². The molecule has 0 spiro atoms. The van der Waals surface area contributed by atoms with E-state index in [1.807, 2.05) is 0 Å². The second-order valence-electron chi connectivity index (χ2n) is 4.77. The molecule has 0 aromatic heterocycles. The third-order valence-electron chi connectivity index (χ3n) is 3.29. The van der Waals surface area contributed by atoms with Crippen molar-refractivity contribution in [3.63, 3.8) is 0 Å². The third-order valence-corrected chi connectivity index (χ3v) is 9.87. The summed E-state index contributed by atoms with van der Waals surface area (Å²) in [6.07, 6.45) is 0. The normalized spacial score (nSPS) is 18.5. The van der Waals surface area contributed by atoms with E-state index in [-0.39, 0.29) is 0 Å². The Balaban J connectivity index is 4.61. The lowest BCUT2D eigenvalue weighted by Gasteiger charge is -2.44. The molecule has 1 unspecified atom stereocenters. The van der Waals surface area contributed by atoms with E-state index in [9.17, 15) is 0 Å². The van der Waals surface area contributed by atoms with Gasteiger partial charge >= 0.3 is 0 Å². The third kappa shape index (κ3) is 2.06. The van der Waals surface area contributed by atoms with E-state index in [1.165, 1.54) is 6.04 Å². The van der Waals surface area contributed by atoms with Crippen LogP contribution >= 0.6 is 0 Å². The smallest absolute Gasteiger partial charge is 0.129 e. The Kier molecular flexibility index (Phi) is 3.33. The van der Waals surface area contributed by atoms with Crippen molar-refractivity contribution in [1.29, 1.82) is 0 Å². The maximum Gasteiger partial charge on any atom is 0.129 e. The average molecular weight is 173 g/mol. The highest BCUT2D eigenvalue weighted by atomic mass is 28.3.